The minimum Gasteiger partial charge on any atom is -0.488 e. The van der Waals surface area contributed by atoms with Crippen LogP contribution in [0.1, 0.15) is 16.7 Å². The summed E-state index contributed by atoms with van der Waals surface area (Å²) in [6, 6.07) is 26.3. The van der Waals surface area contributed by atoms with Gasteiger partial charge in [-0.2, -0.15) is 0 Å². The van der Waals surface area contributed by atoms with Crippen molar-refractivity contribution in [2.75, 3.05) is 0 Å². The van der Waals surface area contributed by atoms with Gasteiger partial charge in [0.2, 0.25) is 0 Å². The molecule has 4 aromatic carbocycles. The highest BCUT2D eigenvalue weighted by molar-refractivity contribution is 8.18. The molecule has 0 aromatic heterocycles. The zero-order valence-corrected chi connectivity index (χ0v) is 20.7. The monoisotopic (exact) mass is 519 g/mol. The third-order valence-electron chi connectivity index (χ3n) is 5.67. The van der Waals surface area contributed by atoms with Gasteiger partial charge in [-0.15, -0.1) is 0 Å². The van der Waals surface area contributed by atoms with Gasteiger partial charge in [0.15, 0.2) is 0 Å². The lowest BCUT2D eigenvalue weighted by Gasteiger charge is -2.14. The average molecular weight is 520 g/mol. The Balaban J connectivity index is 1.48. The van der Waals surface area contributed by atoms with Crippen molar-refractivity contribution in [1.82, 2.24) is 4.90 Å². The Hall–Kier alpha value is -3.25. The van der Waals surface area contributed by atoms with Crippen molar-refractivity contribution in [3.63, 3.8) is 0 Å². The number of hydrogen-bond acceptors (Lipinski definition) is 4. The van der Waals surface area contributed by atoms with Crippen LogP contribution in [0.25, 0.3) is 16.8 Å². The molecule has 0 saturated carbocycles. The van der Waals surface area contributed by atoms with Crippen molar-refractivity contribution < 1.29 is 14.3 Å². The van der Waals surface area contributed by atoms with Crippen LogP contribution >= 0.6 is 35.0 Å². The second kappa shape index (κ2) is 10.2. The van der Waals surface area contributed by atoms with Gasteiger partial charge in [0.1, 0.15) is 12.4 Å². The Morgan fingerprint density at radius 2 is 1.60 bits per heavy atom. The van der Waals surface area contributed by atoms with Crippen molar-refractivity contribution in [2.24, 2.45) is 0 Å². The van der Waals surface area contributed by atoms with E-state index in [-0.39, 0.29) is 24.3 Å². The van der Waals surface area contributed by atoms with Crippen LogP contribution in [0.4, 0.5) is 4.79 Å². The molecule has 2 amide bonds. The molecule has 35 heavy (non-hydrogen) atoms. The van der Waals surface area contributed by atoms with Gasteiger partial charge in [-0.3, -0.25) is 14.5 Å². The van der Waals surface area contributed by atoms with Gasteiger partial charge in [0.05, 0.1) is 11.4 Å². The van der Waals surface area contributed by atoms with Gasteiger partial charge in [0, 0.05) is 21.2 Å². The number of fused-ring (bicyclic) bond motifs is 1. The molecule has 0 atom stereocenters. The Morgan fingerprint density at radius 1 is 0.857 bits per heavy atom. The quantitative estimate of drug-likeness (QED) is 0.242. The number of benzene rings is 4. The number of rotatable bonds is 6. The third-order valence-corrected chi connectivity index (χ3v) is 7.20. The number of ether oxygens (including phenoxy) is 1. The van der Waals surface area contributed by atoms with Crippen molar-refractivity contribution in [3.8, 4) is 5.75 Å². The van der Waals surface area contributed by atoms with Crippen LogP contribution in [0, 0.1) is 0 Å². The average Bonchev–Trinajstić information content (AvgIpc) is 3.13. The molecule has 7 heteroatoms. The van der Waals surface area contributed by atoms with Crippen molar-refractivity contribution >= 4 is 63.0 Å². The summed E-state index contributed by atoms with van der Waals surface area (Å²) in [6.07, 6.45) is 1.75. The van der Waals surface area contributed by atoms with Crippen LogP contribution in [-0.4, -0.2) is 16.0 Å². The van der Waals surface area contributed by atoms with E-state index < -0.39 is 0 Å². The second-order valence-corrected chi connectivity index (χ2v) is 9.81. The summed E-state index contributed by atoms with van der Waals surface area (Å²) in [6.45, 7) is 0.460. The Kier molecular flexibility index (Phi) is 6.82. The highest BCUT2D eigenvalue weighted by Crippen LogP contribution is 2.38. The summed E-state index contributed by atoms with van der Waals surface area (Å²) in [5, 5.41) is 2.84. The number of carbonyl (C=O) groups is 2. The van der Waals surface area contributed by atoms with E-state index in [2.05, 4.69) is 0 Å². The van der Waals surface area contributed by atoms with E-state index in [0.29, 0.717) is 20.7 Å². The summed E-state index contributed by atoms with van der Waals surface area (Å²) in [5.41, 5.74) is 2.43. The fourth-order valence-corrected chi connectivity index (χ4v) is 5.00. The maximum atomic E-state index is 13.2. The lowest BCUT2D eigenvalue weighted by atomic mass is 10.0. The molecule has 0 N–H and O–H groups in total. The molecule has 1 aliphatic heterocycles. The fourth-order valence-electron chi connectivity index (χ4n) is 3.86. The molecule has 174 valence electrons. The molecule has 1 fully saturated rings. The lowest BCUT2D eigenvalue weighted by molar-refractivity contribution is -0.123. The number of amides is 2. The third kappa shape index (κ3) is 5.08. The normalized spacial score (nSPS) is 14.8. The van der Waals surface area contributed by atoms with E-state index in [4.69, 9.17) is 27.9 Å². The van der Waals surface area contributed by atoms with Crippen LogP contribution < -0.4 is 4.74 Å². The topological polar surface area (TPSA) is 46.6 Å². The Bertz CT molecular complexity index is 1470. The van der Waals surface area contributed by atoms with Crippen LogP contribution in [0.15, 0.2) is 89.8 Å². The maximum absolute atomic E-state index is 13.2. The molecule has 0 spiro atoms. The first-order valence-electron chi connectivity index (χ1n) is 10.9. The van der Waals surface area contributed by atoms with Crippen LogP contribution in [-0.2, 0) is 17.9 Å². The SMILES string of the molecule is O=C1S/C(=C/c2c(OCc3ccccc3Cl)ccc3ccccc23)C(=O)N1Cc1ccc(Cl)cc1. The predicted molar refractivity (Wildman–Crippen MR) is 143 cm³/mol. The molecule has 4 nitrogen and oxygen atoms in total. The first kappa shape index (κ1) is 23.5. The van der Waals surface area contributed by atoms with Crippen LogP contribution in [0.3, 0.4) is 0 Å². The number of carbonyl (C=O) groups excluding carboxylic acids is 2. The summed E-state index contributed by atoms with van der Waals surface area (Å²) in [7, 11) is 0. The molecule has 1 saturated heterocycles. The molecule has 0 bridgehead atoms. The molecule has 1 aliphatic rings. The van der Waals surface area contributed by atoms with Crippen LogP contribution in [0.5, 0.6) is 5.75 Å². The molecular weight excluding hydrogens is 501 g/mol. The van der Waals surface area contributed by atoms with E-state index >= 15 is 0 Å². The summed E-state index contributed by atoms with van der Waals surface area (Å²) in [5.74, 6) is 0.271. The molecule has 0 radical (unpaired) electrons. The largest absolute Gasteiger partial charge is 0.488 e. The van der Waals surface area contributed by atoms with E-state index in [0.717, 1.165) is 39.2 Å². The van der Waals surface area contributed by atoms with Gasteiger partial charge in [-0.25, -0.2) is 0 Å². The zero-order chi connectivity index (χ0) is 24.4. The van der Waals surface area contributed by atoms with E-state index in [1.54, 1.807) is 30.3 Å². The summed E-state index contributed by atoms with van der Waals surface area (Å²) in [4.78, 5) is 27.5. The van der Waals surface area contributed by atoms with Crippen molar-refractivity contribution in [3.05, 3.63) is 117 Å². The molecule has 5 rings (SSSR count). The lowest BCUT2D eigenvalue weighted by Crippen LogP contribution is -2.27. The van der Waals surface area contributed by atoms with Gasteiger partial charge in [-0.05, 0) is 58.4 Å². The Morgan fingerprint density at radius 3 is 2.40 bits per heavy atom. The number of imide groups is 1. The van der Waals surface area contributed by atoms with Crippen molar-refractivity contribution in [1.29, 1.82) is 0 Å². The van der Waals surface area contributed by atoms with E-state index in [9.17, 15) is 9.59 Å². The predicted octanol–water partition coefficient (Wildman–Crippen LogP) is 7.96. The van der Waals surface area contributed by atoms with E-state index in [1.807, 2.05) is 60.7 Å². The van der Waals surface area contributed by atoms with Crippen LogP contribution in [0.2, 0.25) is 10.0 Å². The first-order chi connectivity index (χ1) is 17.0. The van der Waals surface area contributed by atoms with Gasteiger partial charge < -0.3 is 4.74 Å². The number of halogens is 2. The van der Waals surface area contributed by atoms with Gasteiger partial charge >= 0.3 is 0 Å². The van der Waals surface area contributed by atoms with Gasteiger partial charge in [-0.1, -0.05) is 83.9 Å². The highest BCUT2D eigenvalue weighted by atomic mass is 35.5. The molecule has 0 unspecified atom stereocenters. The highest BCUT2D eigenvalue weighted by Gasteiger charge is 2.35. The van der Waals surface area contributed by atoms with Gasteiger partial charge in [0.25, 0.3) is 11.1 Å². The molecular formula is C28H19Cl2NO3S. The minimum absolute atomic E-state index is 0.185. The fraction of sp³-hybridized carbons (Fsp3) is 0.0714. The first-order valence-corrected chi connectivity index (χ1v) is 12.4. The molecule has 4 aromatic rings. The number of hydrogen-bond donors (Lipinski definition) is 0. The number of thioether (sulfide) groups is 1. The Labute approximate surface area is 217 Å². The molecule has 1 heterocycles. The number of nitrogens with zero attached hydrogens (tertiary/aromatic N) is 1. The molecule has 0 aliphatic carbocycles. The van der Waals surface area contributed by atoms with Crippen molar-refractivity contribution in [2.45, 2.75) is 13.2 Å². The summed E-state index contributed by atoms with van der Waals surface area (Å²) < 4.78 is 6.16. The van der Waals surface area contributed by atoms with E-state index in [1.165, 1.54) is 4.90 Å². The smallest absolute Gasteiger partial charge is 0.293 e. The second-order valence-electron chi connectivity index (χ2n) is 7.97. The maximum Gasteiger partial charge on any atom is 0.293 e. The zero-order valence-electron chi connectivity index (χ0n) is 18.4. The minimum atomic E-state index is -0.333. The standard InChI is InChI=1S/C28H19Cl2NO3S/c29-21-12-9-18(10-13-21)16-31-27(32)26(35-28(31)33)15-23-22-7-3-1-5-19(22)11-14-25(23)34-17-20-6-2-4-8-24(20)30/h1-15H,16-17H2/b26-15+. The summed E-state index contributed by atoms with van der Waals surface area (Å²) >= 11 is 13.2.